The first kappa shape index (κ1) is 18.2. The zero-order chi connectivity index (χ0) is 18.1. The van der Waals surface area contributed by atoms with Crippen molar-refractivity contribution in [2.24, 2.45) is 0 Å². The molecule has 0 saturated carbocycles. The van der Waals surface area contributed by atoms with E-state index in [4.69, 9.17) is 5.26 Å². The zero-order valence-electron chi connectivity index (χ0n) is 11.7. The molecule has 0 radical (unpaired) electrons. The van der Waals surface area contributed by atoms with Crippen molar-refractivity contribution >= 4 is 27.7 Å². The Balaban J connectivity index is 2.76. The summed E-state index contributed by atoms with van der Waals surface area (Å²) < 4.78 is 41.2. The van der Waals surface area contributed by atoms with Gasteiger partial charge in [0.1, 0.15) is 17.3 Å². The number of phenolic OH excluding ortho intramolecular Hbond substituents is 1. The largest absolute Gasteiger partial charge is 0.573 e. The van der Waals surface area contributed by atoms with Gasteiger partial charge in [0.05, 0.1) is 0 Å². The summed E-state index contributed by atoms with van der Waals surface area (Å²) in [5, 5.41) is 19.3. The average molecular weight is 422 g/mol. The SMILES string of the molecule is CSc1nc(-c2cc(Br)cc(OC(F)(F)F)c2O)c(C#N)c(=O)[nH]1. The summed E-state index contributed by atoms with van der Waals surface area (Å²) in [6.07, 6.45) is -3.42. The summed E-state index contributed by atoms with van der Waals surface area (Å²) >= 11 is 4.05. The molecule has 0 aliphatic heterocycles. The maximum atomic E-state index is 12.4. The number of benzene rings is 1. The van der Waals surface area contributed by atoms with Gasteiger partial charge in [0.15, 0.2) is 16.7 Å². The molecule has 0 amide bonds. The second kappa shape index (κ2) is 6.74. The van der Waals surface area contributed by atoms with E-state index in [1.165, 1.54) is 6.07 Å². The fourth-order valence-corrected chi connectivity index (χ4v) is 2.62. The number of nitrogens with one attached hydrogen (secondary N) is 1. The van der Waals surface area contributed by atoms with Crippen molar-refractivity contribution in [3.05, 3.63) is 32.5 Å². The Labute approximate surface area is 145 Å². The predicted molar refractivity (Wildman–Crippen MR) is 82.8 cm³/mol. The third kappa shape index (κ3) is 3.82. The molecular weight excluding hydrogens is 415 g/mol. The summed E-state index contributed by atoms with van der Waals surface area (Å²) in [6.45, 7) is 0. The van der Waals surface area contributed by atoms with Crippen LogP contribution in [0.1, 0.15) is 5.56 Å². The number of halogens is 4. The highest BCUT2D eigenvalue weighted by atomic mass is 79.9. The van der Waals surface area contributed by atoms with Crippen molar-refractivity contribution < 1.29 is 23.0 Å². The smallest absolute Gasteiger partial charge is 0.504 e. The molecule has 0 unspecified atom stereocenters. The van der Waals surface area contributed by atoms with Crippen LogP contribution in [0.5, 0.6) is 11.5 Å². The van der Waals surface area contributed by atoms with Crippen molar-refractivity contribution in [2.45, 2.75) is 11.5 Å². The Morgan fingerprint density at radius 1 is 1.46 bits per heavy atom. The molecule has 0 bridgehead atoms. The number of aromatic amines is 1. The number of nitrogens with zero attached hydrogens (tertiary/aromatic N) is 2. The summed E-state index contributed by atoms with van der Waals surface area (Å²) in [5.74, 6) is -1.78. The summed E-state index contributed by atoms with van der Waals surface area (Å²) in [4.78, 5) is 18.2. The Morgan fingerprint density at radius 3 is 2.67 bits per heavy atom. The van der Waals surface area contributed by atoms with Crippen molar-refractivity contribution in [3.63, 3.8) is 0 Å². The molecule has 126 valence electrons. The second-order valence-electron chi connectivity index (χ2n) is 4.26. The van der Waals surface area contributed by atoms with Crippen LogP contribution in [-0.4, -0.2) is 27.7 Å². The molecule has 2 N–H and O–H groups in total. The lowest BCUT2D eigenvalue weighted by molar-refractivity contribution is -0.275. The highest BCUT2D eigenvalue weighted by molar-refractivity contribution is 9.10. The molecule has 2 rings (SSSR count). The number of H-pyrrole nitrogens is 1. The Morgan fingerprint density at radius 2 is 2.12 bits per heavy atom. The van der Waals surface area contributed by atoms with Crippen molar-refractivity contribution in [1.29, 1.82) is 5.26 Å². The molecule has 1 aromatic carbocycles. The lowest BCUT2D eigenvalue weighted by Crippen LogP contribution is -2.17. The highest BCUT2D eigenvalue weighted by Crippen LogP contribution is 2.42. The number of aromatic hydroxyl groups is 1. The van der Waals surface area contributed by atoms with Crippen LogP contribution in [0, 0.1) is 11.3 Å². The Bertz CT molecular complexity index is 893. The number of ether oxygens (including phenoxy) is 1. The molecule has 11 heteroatoms. The van der Waals surface area contributed by atoms with Gasteiger partial charge in [-0.2, -0.15) is 5.26 Å². The van der Waals surface area contributed by atoms with Crippen LogP contribution >= 0.6 is 27.7 Å². The lowest BCUT2D eigenvalue weighted by Gasteiger charge is -2.14. The Hall–Kier alpha value is -2.19. The minimum Gasteiger partial charge on any atom is -0.504 e. The highest BCUT2D eigenvalue weighted by Gasteiger charge is 2.33. The van der Waals surface area contributed by atoms with E-state index in [1.807, 2.05) is 0 Å². The van der Waals surface area contributed by atoms with Crippen LogP contribution in [0.15, 0.2) is 26.6 Å². The molecule has 1 aromatic heterocycles. The lowest BCUT2D eigenvalue weighted by atomic mass is 10.1. The fourth-order valence-electron chi connectivity index (χ4n) is 1.81. The first-order valence-electron chi connectivity index (χ1n) is 6.03. The molecule has 0 atom stereocenters. The zero-order valence-corrected chi connectivity index (χ0v) is 14.1. The van der Waals surface area contributed by atoms with Crippen molar-refractivity contribution in [1.82, 2.24) is 9.97 Å². The van der Waals surface area contributed by atoms with Gasteiger partial charge in [0.25, 0.3) is 5.56 Å². The number of nitriles is 1. The molecule has 0 aliphatic rings. The van der Waals surface area contributed by atoms with E-state index < -0.39 is 29.0 Å². The van der Waals surface area contributed by atoms with Gasteiger partial charge in [-0.1, -0.05) is 27.7 Å². The van der Waals surface area contributed by atoms with Gasteiger partial charge in [0.2, 0.25) is 0 Å². The summed E-state index contributed by atoms with van der Waals surface area (Å²) in [7, 11) is 0. The third-order valence-electron chi connectivity index (χ3n) is 2.72. The van der Waals surface area contributed by atoms with Crippen LogP contribution in [-0.2, 0) is 0 Å². The van der Waals surface area contributed by atoms with Gasteiger partial charge in [-0.3, -0.25) is 4.79 Å². The minimum atomic E-state index is -5.03. The molecule has 0 saturated heterocycles. The molecular formula is C13H7BrF3N3O3S. The number of phenols is 1. The first-order chi connectivity index (χ1) is 11.2. The van der Waals surface area contributed by atoms with E-state index in [0.29, 0.717) is 0 Å². The van der Waals surface area contributed by atoms with Crippen LogP contribution in [0.2, 0.25) is 0 Å². The van der Waals surface area contributed by atoms with Crippen LogP contribution in [0.4, 0.5) is 13.2 Å². The van der Waals surface area contributed by atoms with E-state index in [-0.39, 0.29) is 20.9 Å². The van der Waals surface area contributed by atoms with Gasteiger partial charge in [-0.05, 0) is 18.4 Å². The molecule has 24 heavy (non-hydrogen) atoms. The summed E-state index contributed by atoms with van der Waals surface area (Å²) in [5.41, 5.74) is -1.72. The van der Waals surface area contributed by atoms with E-state index in [0.717, 1.165) is 17.8 Å². The quantitative estimate of drug-likeness (QED) is 0.581. The molecule has 0 spiro atoms. The molecule has 0 aliphatic carbocycles. The standard InChI is InChI=1S/C13H7BrF3N3O3S/c1-24-12-19-9(7(4-18)11(22)20-12)6-2-5(14)3-8(10(6)21)23-13(15,16)17/h2-3,21H,1H3,(H,19,20,22). The Kier molecular flexibility index (Phi) is 5.10. The maximum absolute atomic E-state index is 12.4. The average Bonchev–Trinajstić information content (AvgIpc) is 2.48. The van der Waals surface area contributed by atoms with E-state index >= 15 is 0 Å². The minimum absolute atomic E-state index is 0.131. The van der Waals surface area contributed by atoms with E-state index in [2.05, 4.69) is 30.6 Å². The molecule has 6 nitrogen and oxygen atoms in total. The molecule has 2 aromatic rings. The number of thioether (sulfide) groups is 1. The van der Waals surface area contributed by atoms with Gasteiger partial charge in [-0.15, -0.1) is 13.2 Å². The number of aromatic nitrogens is 2. The number of hydrogen-bond donors (Lipinski definition) is 2. The van der Waals surface area contributed by atoms with Crippen LogP contribution in [0.25, 0.3) is 11.3 Å². The number of rotatable bonds is 3. The van der Waals surface area contributed by atoms with Gasteiger partial charge < -0.3 is 14.8 Å². The topological polar surface area (TPSA) is 99.0 Å². The second-order valence-corrected chi connectivity index (χ2v) is 5.97. The predicted octanol–water partition coefficient (Wildman–Crippen LogP) is 3.40. The van der Waals surface area contributed by atoms with E-state index in [1.54, 1.807) is 12.3 Å². The van der Waals surface area contributed by atoms with Gasteiger partial charge in [-0.25, -0.2) is 4.98 Å². The van der Waals surface area contributed by atoms with Gasteiger partial charge >= 0.3 is 6.36 Å². The van der Waals surface area contributed by atoms with Crippen molar-refractivity contribution in [2.75, 3.05) is 6.26 Å². The third-order valence-corrected chi connectivity index (χ3v) is 3.76. The van der Waals surface area contributed by atoms with Crippen molar-refractivity contribution in [3.8, 4) is 28.8 Å². The van der Waals surface area contributed by atoms with Gasteiger partial charge in [0, 0.05) is 10.0 Å². The molecule has 0 fully saturated rings. The van der Waals surface area contributed by atoms with Crippen LogP contribution in [0.3, 0.4) is 0 Å². The number of alkyl halides is 3. The maximum Gasteiger partial charge on any atom is 0.573 e. The van der Waals surface area contributed by atoms with E-state index in [9.17, 15) is 23.1 Å². The van der Waals surface area contributed by atoms with Crippen LogP contribution < -0.4 is 10.3 Å². The summed E-state index contributed by atoms with van der Waals surface area (Å²) in [6, 6.07) is 3.75. The fraction of sp³-hybridized carbons (Fsp3) is 0.154. The number of hydrogen-bond acceptors (Lipinski definition) is 6. The monoisotopic (exact) mass is 421 g/mol. The first-order valence-corrected chi connectivity index (χ1v) is 8.05. The normalized spacial score (nSPS) is 11.2. The molecule has 1 heterocycles.